The molecule has 17 heavy (non-hydrogen) atoms. The number of nitrogens with zero attached hydrogens (tertiary/aromatic N) is 3. The summed E-state index contributed by atoms with van der Waals surface area (Å²) in [7, 11) is 6.26. The molecule has 0 atom stereocenters. The van der Waals surface area contributed by atoms with E-state index in [0.717, 1.165) is 32.0 Å². The molecule has 0 aliphatic carbocycles. The monoisotopic (exact) mass is 236 g/mol. The summed E-state index contributed by atoms with van der Waals surface area (Å²) < 4.78 is 0. The Bertz CT molecular complexity index is 325. The van der Waals surface area contributed by atoms with Crippen molar-refractivity contribution in [1.82, 2.24) is 15.2 Å². The summed E-state index contributed by atoms with van der Waals surface area (Å²) in [4.78, 5) is 8.77. The standard InChI is InChI=1S/C13H24N4/c1-5-14-11-12-6-7-15-13(10-12)17(4)9-8-16(2)3/h6-7,10,14H,5,8-9,11H2,1-4H3. The molecule has 96 valence electrons. The molecule has 0 aliphatic rings. The zero-order chi connectivity index (χ0) is 12.7. The van der Waals surface area contributed by atoms with Crippen LogP contribution in [-0.4, -0.2) is 50.7 Å². The average Bonchev–Trinajstić information content (AvgIpc) is 2.33. The lowest BCUT2D eigenvalue weighted by Crippen LogP contribution is -2.29. The number of aromatic nitrogens is 1. The molecule has 1 aromatic rings. The fraction of sp³-hybridized carbons (Fsp3) is 0.615. The van der Waals surface area contributed by atoms with Crippen LogP contribution in [0, 0.1) is 0 Å². The molecule has 0 fully saturated rings. The minimum Gasteiger partial charge on any atom is -0.358 e. The second kappa shape index (κ2) is 7.25. The van der Waals surface area contributed by atoms with E-state index in [9.17, 15) is 0 Å². The van der Waals surface area contributed by atoms with E-state index in [1.54, 1.807) is 0 Å². The van der Waals surface area contributed by atoms with Gasteiger partial charge in [0.2, 0.25) is 0 Å². The molecule has 0 unspecified atom stereocenters. The third-order valence-electron chi connectivity index (χ3n) is 2.66. The Hall–Kier alpha value is -1.13. The van der Waals surface area contributed by atoms with Gasteiger partial charge in [-0.1, -0.05) is 6.92 Å². The van der Waals surface area contributed by atoms with Crippen molar-refractivity contribution in [2.24, 2.45) is 0 Å². The van der Waals surface area contributed by atoms with Gasteiger partial charge in [-0.3, -0.25) is 0 Å². The first kappa shape index (κ1) is 13.9. The first-order valence-electron chi connectivity index (χ1n) is 6.15. The minimum absolute atomic E-state index is 0.910. The lowest BCUT2D eigenvalue weighted by Gasteiger charge is -2.21. The van der Waals surface area contributed by atoms with Gasteiger partial charge in [0.15, 0.2) is 0 Å². The first-order valence-corrected chi connectivity index (χ1v) is 6.15. The maximum absolute atomic E-state index is 4.40. The molecule has 0 radical (unpaired) electrons. The summed E-state index contributed by atoms with van der Waals surface area (Å²) in [6.07, 6.45) is 1.88. The zero-order valence-electron chi connectivity index (χ0n) is 11.4. The van der Waals surface area contributed by atoms with E-state index in [2.05, 4.69) is 60.3 Å². The summed E-state index contributed by atoms with van der Waals surface area (Å²) in [5.41, 5.74) is 1.29. The van der Waals surface area contributed by atoms with Crippen LogP contribution in [0.4, 0.5) is 5.82 Å². The Morgan fingerprint density at radius 2 is 2.00 bits per heavy atom. The van der Waals surface area contributed by atoms with Crippen molar-refractivity contribution in [1.29, 1.82) is 0 Å². The molecule has 0 aromatic carbocycles. The first-order chi connectivity index (χ1) is 8.13. The summed E-state index contributed by atoms with van der Waals surface area (Å²) in [6, 6.07) is 4.21. The maximum Gasteiger partial charge on any atom is 0.128 e. The van der Waals surface area contributed by atoms with Crippen LogP contribution in [0.2, 0.25) is 0 Å². The van der Waals surface area contributed by atoms with Crippen molar-refractivity contribution in [2.75, 3.05) is 45.7 Å². The SMILES string of the molecule is CCNCc1ccnc(N(C)CCN(C)C)c1. The van der Waals surface area contributed by atoms with Crippen LogP contribution in [0.1, 0.15) is 12.5 Å². The summed E-state index contributed by atoms with van der Waals surface area (Å²) in [6.45, 7) is 6.05. The van der Waals surface area contributed by atoms with Crippen molar-refractivity contribution >= 4 is 5.82 Å². The second-order valence-corrected chi connectivity index (χ2v) is 4.53. The zero-order valence-corrected chi connectivity index (χ0v) is 11.4. The predicted molar refractivity (Wildman–Crippen MR) is 73.4 cm³/mol. The highest BCUT2D eigenvalue weighted by molar-refractivity contribution is 5.40. The van der Waals surface area contributed by atoms with Crippen LogP contribution < -0.4 is 10.2 Å². The topological polar surface area (TPSA) is 31.4 Å². The molecular weight excluding hydrogens is 212 g/mol. The molecule has 1 aromatic heterocycles. The molecule has 1 heterocycles. The van der Waals surface area contributed by atoms with E-state index in [0.29, 0.717) is 0 Å². The van der Waals surface area contributed by atoms with Gasteiger partial charge in [-0.25, -0.2) is 4.98 Å². The average molecular weight is 236 g/mol. The summed E-state index contributed by atoms with van der Waals surface area (Å²) >= 11 is 0. The van der Waals surface area contributed by atoms with Gasteiger partial charge < -0.3 is 15.1 Å². The highest BCUT2D eigenvalue weighted by Crippen LogP contribution is 2.10. The van der Waals surface area contributed by atoms with Gasteiger partial charge in [0.05, 0.1) is 0 Å². The number of hydrogen-bond donors (Lipinski definition) is 1. The van der Waals surface area contributed by atoms with E-state index in [1.165, 1.54) is 5.56 Å². The van der Waals surface area contributed by atoms with Gasteiger partial charge in [0, 0.05) is 32.9 Å². The molecule has 4 nitrogen and oxygen atoms in total. The number of anilines is 1. The van der Waals surface area contributed by atoms with Crippen LogP contribution >= 0.6 is 0 Å². The molecule has 1 rings (SSSR count). The van der Waals surface area contributed by atoms with E-state index >= 15 is 0 Å². The Balaban J connectivity index is 2.57. The summed E-state index contributed by atoms with van der Waals surface area (Å²) in [5, 5.41) is 3.33. The fourth-order valence-corrected chi connectivity index (χ4v) is 1.51. The molecule has 0 aliphatic heterocycles. The number of likely N-dealkylation sites (N-methyl/N-ethyl adjacent to an activating group) is 2. The molecule has 0 saturated heterocycles. The van der Waals surface area contributed by atoms with E-state index in [1.807, 2.05) is 6.20 Å². The van der Waals surface area contributed by atoms with Crippen LogP contribution in [0.25, 0.3) is 0 Å². The van der Waals surface area contributed by atoms with E-state index < -0.39 is 0 Å². The fourth-order valence-electron chi connectivity index (χ4n) is 1.51. The Kier molecular flexibility index (Phi) is 5.94. The minimum atomic E-state index is 0.910. The number of rotatable bonds is 7. The quantitative estimate of drug-likeness (QED) is 0.770. The number of nitrogens with one attached hydrogen (secondary N) is 1. The largest absolute Gasteiger partial charge is 0.358 e. The third kappa shape index (κ3) is 5.15. The van der Waals surface area contributed by atoms with Gasteiger partial charge in [0.25, 0.3) is 0 Å². The van der Waals surface area contributed by atoms with Crippen LogP contribution in [0.3, 0.4) is 0 Å². The Labute approximate surface area is 105 Å². The van der Waals surface area contributed by atoms with Crippen LogP contribution in [0.5, 0.6) is 0 Å². The van der Waals surface area contributed by atoms with Crippen molar-refractivity contribution in [3.05, 3.63) is 23.9 Å². The molecule has 0 saturated carbocycles. The van der Waals surface area contributed by atoms with Gasteiger partial charge in [-0.05, 0) is 38.3 Å². The van der Waals surface area contributed by atoms with Crippen LogP contribution in [0.15, 0.2) is 18.3 Å². The van der Waals surface area contributed by atoms with Gasteiger partial charge in [0.1, 0.15) is 5.82 Å². The lowest BCUT2D eigenvalue weighted by atomic mass is 10.2. The normalized spacial score (nSPS) is 10.9. The third-order valence-corrected chi connectivity index (χ3v) is 2.66. The van der Waals surface area contributed by atoms with Gasteiger partial charge >= 0.3 is 0 Å². The molecule has 0 spiro atoms. The highest BCUT2D eigenvalue weighted by atomic mass is 15.2. The van der Waals surface area contributed by atoms with Gasteiger partial charge in [-0.2, -0.15) is 0 Å². The molecule has 0 amide bonds. The Morgan fingerprint density at radius 3 is 2.65 bits per heavy atom. The second-order valence-electron chi connectivity index (χ2n) is 4.53. The molecule has 4 heteroatoms. The molecular formula is C13H24N4. The number of pyridine rings is 1. The molecule has 0 bridgehead atoms. The van der Waals surface area contributed by atoms with E-state index in [4.69, 9.17) is 0 Å². The van der Waals surface area contributed by atoms with Crippen LogP contribution in [-0.2, 0) is 6.54 Å². The molecule has 1 N–H and O–H groups in total. The van der Waals surface area contributed by atoms with Crippen molar-refractivity contribution in [3.63, 3.8) is 0 Å². The smallest absolute Gasteiger partial charge is 0.128 e. The predicted octanol–water partition coefficient (Wildman–Crippen LogP) is 1.19. The van der Waals surface area contributed by atoms with E-state index in [-0.39, 0.29) is 0 Å². The summed E-state index contributed by atoms with van der Waals surface area (Å²) in [5.74, 6) is 1.04. The van der Waals surface area contributed by atoms with Gasteiger partial charge in [-0.15, -0.1) is 0 Å². The lowest BCUT2D eigenvalue weighted by molar-refractivity contribution is 0.416. The van der Waals surface area contributed by atoms with Crippen molar-refractivity contribution in [3.8, 4) is 0 Å². The Morgan fingerprint density at radius 1 is 1.24 bits per heavy atom. The highest BCUT2D eigenvalue weighted by Gasteiger charge is 2.03. The maximum atomic E-state index is 4.40. The van der Waals surface area contributed by atoms with Crippen molar-refractivity contribution < 1.29 is 0 Å². The van der Waals surface area contributed by atoms with Crippen molar-refractivity contribution in [2.45, 2.75) is 13.5 Å². The number of hydrogen-bond acceptors (Lipinski definition) is 4.